The summed E-state index contributed by atoms with van der Waals surface area (Å²) in [6.07, 6.45) is -0.289. The fraction of sp³-hybridized carbons (Fsp3) is 0.211. The van der Waals surface area contributed by atoms with Gasteiger partial charge in [0, 0.05) is 22.0 Å². The summed E-state index contributed by atoms with van der Waals surface area (Å²) in [6, 6.07) is 14.3. The van der Waals surface area contributed by atoms with Crippen LogP contribution in [0.5, 0.6) is 0 Å². The number of morpholine rings is 1. The Hall–Kier alpha value is -2.24. The van der Waals surface area contributed by atoms with Gasteiger partial charge in [0.1, 0.15) is 11.9 Å². The van der Waals surface area contributed by atoms with Crippen LogP contribution in [-0.2, 0) is 4.74 Å². The van der Waals surface area contributed by atoms with Gasteiger partial charge in [-0.05, 0) is 23.8 Å². The van der Waals surface area contributed by atoms with E-state index < -0.39 is 0 Å². The molecule has 0 N–H and O–H groups in total. The fourth-order valence-electron chi connectivity index (χ4n) is 3.06. The van der Waals surface area contributed by atoms with Crippen LogP contribution in [0.25, 0.3) is 10.1 Å². The molecule has 0 aliphatic carbocycles. The number of rotatable bonds is 2. The second-order valence-electron chi connectivity index (χ2n) is 5.81. The molecule has 1 aromatic heterocycles. The second kappa shape index (κ2) is 6.34. The Kier molecular flexibility index (Phi) is 4.04. The molecule has 24 heavy (non-hydrogen) atoms. The third-order valence-electron chi connectivity index (χ3n) is 4.29. The number of hydrogen-bond donors (Lipinski definition) is 0. The van der Waals surface area contributed by atoms with Crippen LogP contribution in [0.3, 0.4) is 0 Å². The number of halogens is 1. The first-order valence-corrected chi connectivity index (χ1v) is 8.73. The Bertz CT molecular complexity index is 892. The van der Waals surface area contributed by atoms with Crippen molar-refractivity contribution in [2.24, 2.45) is 0 Å². The quantitative estimate of drug-likeness (QED) is 0.697. The summed E-state index contributed by atoms with van der Waals surface area (Å²) < 4.78 is 20.3. The smallest absolute Gasteiger partial charge is 0.255 e. The van der Waals surface area contributed by atoms with E-state index in [1.807, 2.05) is 35.7 Å². The van der Waals surface area contributed by atoms with Gasteiger partial charge in [0.25, 0.3) is 5.91 Å². The second-order valence-corrected chi connectivity index (χ2v) is 6.72. The molecular formula is C19H16FNO2S. The first-order chi connectivity index (χ1) is 11.7. The van der Waals surface area contributed by atoms with Gasteiger partial charge >= 0.3 is 0 Å². The van der Waals surface area contributed by atoms with E-state index in [2.05, 4.69) is 0 Å². The molecular weight excluding hydrogens is 325 g/mol. The summed E-state index contributed by atoms with van der Waals surface area (Å²) in [4.78, 5) is 14.7. The lowest BCUT2D eigenvalue weighted by molar-refractivity contribution is -0.0228. The zero-order valence-electron chi connectivity index (χ0n) is 12.9. The molecule has 0 spiro atoms. The molecule has 1 atom stereocenters. The normalized spacial score (nSPS) is 18.0. The molecule has 1 saturated heterocycles. The van der Waals surface area contributed by atoms with Crippen molar-refractivity contribution in [2.75, 3.05) is 19.7 Å². The maximum atomic E-state index is 13.4. The van der Waals surface area contributed by atoms with Crippen molar-refractivity contribution in [2.45, 2.75) is 6.10 Å². The van der Waals surface area contributed by atoms with Gasteiger partial charge in [-0.1, -0.05) is 30.3 Å². The molecule has 1 aliphatic heterocycles. The lowest BCUT2D eigenvalue weighted by atomic mass is 10.1. The molecule has 1 unspecified atom stereocenters. The highest BCUT2D eigenvalue weighted by molar-refractivity contribution is 7.17. The predicted octanol–water partition coefficient (Wildman–Crippen LogP) is 4.25. The maximum absolute atomic E-state index is 13.4. The van der Waals surface area contributed by atoms with Gasteiger partial charge < -0.3 is 9.64 Å². The highest BCUT2D eigenvalue weighted by Gasteiger charge is 2.27. The molecule has 0 radical (unpaired) electrons. The molecule has 122 valence electrons. The van der Waals surface area contributed by atoms with Gasteiger partial charge in [0.2, 0.25) is 0 Å². The van der Waals surface area contributed by atoms with Crippen LogP contribution in [-0.4, -0.2) is 30.5 Å². The van der Waals surface area contributed by atoms with Crippen LogP contribution >= 0.6 is 11.3 Å². The molecule has 2 aromatic carbocycles. The number of carbonyl (C=O) groups is 1. The van der Waals surface area contributed by atoms with Crippen molar-refractivity contribution in [3.8, 4) is 0 Å². The minimum absolute atomic E-state index is 0.0113. The number of fused-ring (bicyclic) bond motifs is 1. The lowest BCUT2D eigenvalue weighted by Crippen LogP contribution is -2.42. The number of thiophene rings is 1. The third-order valence-corrected chi connectivity index (χ3v) is 5.25. The number of ether oxygens (including phenoxy) is 1. The van der Waals surface area contributed by atoms with Crippen molar-refractivity contribution < 1.29 is 13.9 Å². The standard InChI is InChI=1S/C19H16FNO2S/c20-14-5-3-4-13(10-14)17-11-21(8-9-23-17)19(22)16-12-24-18-7-2-1-6-15(16)18/h1-7,10,12,17H,8-9,11H2. The van der Waals surface area contributed by atoms with E-state index in [-0.39, 0.29) is 17.8 Å². The van der Waals surface area contributed by atoms with Gasteiger partial charge in [-0.25, -0.2) is 4.39 Å². The SMILES string of the molecule is O=C(c1csc2ccccc12)N1CCOC(c2cccc(F)c2)C1. The third kappa shape index (κ3) is 2.81. The van der Waals surface area contributed by atoms with Gasteiger partial charge in [0.15, 0.2) is 0 Å². The van der Waals surface area contributed by atoms with E-state index in [1.54, 1.807) is 22.3 Å². The van der Waals surface area contributed by atoms with Crippen LogP contribution in [0.15, 0.2) is 53.9 Å². The van der Waals surface area contributed by atoms with Crippen molar-refractivity contribution in [3.63, 3.8) is 0 Å². The first-order valence-electron chi connectivity index (χ1n) is 7.85. The summed E-state index contributed by atoms with van der Waals surface area (Å²) >= 11 is 1.58. The van der Waals surface area contributed by atoms with E-state index in [9.17, 15) is 9.18 Å². The zero-order valence-corrected chi connectivity index (χ0v) is 13.8. The Morgan fingerprint density at radius 2 is 2.08 bits per heavy atom. The maximum Gasteiger partial charge on any atom is 0.255 e. The summed E-state index contributed by atoms with van der Waals surface area (Å²) in [5, 5.41) is 2.90. The summed E-state index contributed by atoms with van der Waals surface area (Å²) in [5.74, 6) is -0.277. The van der Waals surface area contributed by atoms with E-state index in [1.165, 1.54) is 12.1 Å². The van der Waals surface area contributed by atoms with Crippen LogP contribution in [0.4, 0.5) is 4.39 Å². The highest BCUT2D eigenvalue weighted by Crippen LogP contribution is 2.29. The zero-order chi connectivity index (χ0) is 16.5. The lowest BCUT2D eigenvalue weighted by Gasteiger charge is -2.33. The Balaban J connectivity index is 1.58. The largest absolute Gasteiger partial charge is 0.370 e. The van der Waals surface area contributed by atoms with Crippen molar-refractivity contribution >= 4 is 27.3 Å². The van der Waals surface area contributed by atoms with E-state index >= 15 is 0 Å². The van der Waals surface area contributed by atoms with Crippen LogP contribution < -0.4 is 0 Å². The summed E-state index contributed by atoms with van der Waals surface area (Å²) in [7, 11) is 0. The molecule has 0 saturated carbocycles. The summed E-state index contributed by atoms with van der Waals surface area (Å²) in [5.41, 5.74) is 1.50. The van der Waals surface area contributed by atoms with Crippen LogP contribution in [0, 0.1) is 5.82 Å². The first kappa shape index (κ1) is 15.3. The molecule has 1 fully saturated rings. The Labute approximate surface area is 143 Å². The van der Waals surface area contributed by atoms with Crippen molar-refractivity contribution in [1.82, 2.24) is 4.90 Å². The van der Waals surface area contributed by atoms with Gasteiger partial charge in [-0.15, -0.1) is 11.3 Å². The van der Waals surface area contributed by atoms with E-state index in [4.69, 9.17) is 4.74 Å². The topological polar surface area (TPSA) is 29.5 Å². The molecule has 5 heteroatoms. The average molecular weight is 341 g/mol. The van der Waals surface area contributed by atoms with Crippen molar-refractivity contribution in [1.29, 1.82) is 0 Å². The van der Waals surface area contributed by atoms with E-state index in [0.29, 0.717) is 19.7 Å². The number of hydrogen-bond acceptors (Lipinski definition) is 3. The fourth-order valence-corrected chi connectivity index (χ4v) is 3.99. The molecule has 2 heterocycles. The molecule has 1 aliphatic rings. The predicted molar refractivity (Wildman–Crippen MR) is 92.8 cm³/mol. The Morgan fingerprint density at radius 3 is 2.96 bits per heavy atom. The van der Waals surface area contributed by atoms with Crippen molar-refractivity contribution in [3.05, 3.63) is 70.9 Å². The monoisotopic (exact) mass is 341 g/mol. The molecule has 4 rings (SSSR count). The van der Waals surface area contributed by atoms with Gasteiger partial charge in [-0.3, -0.25) is 4.79 Å². The van der Waals surface area contributed by atoms with E-state index in [0.717, 1.165) is 21.2 Å². The number of amides is 1. The average Bonchev–Trinajstić information content (AvgIpc) is 3.05. The van der Waals surface area contributed by atoms with Crippen LogP contribution in [0.2, 0.25) is 0 Å². The van der Waals surface area contributed by atoms with Gasteiger partial charge in [-0.2, -0.15) is 0 Å². The Morgan fingerprint density at radius 1 is 1.21 bits per heavy atom. The summed E-state index contributed by atoms with van der Waals surface area (Å²) in [6.45, 7) is 1.44. The van der Waals surface area contributed by atoms with Gasteiger partial charge in [0.05, 0.1) is 18.7 Å². The number of benzene rings is 2. The van der Waals surface area contributed by atoms with Crippen LogP contribution in [0.1, 0.15) is 22.0 Å². The molecule has 0 bridgehead atoms. The number of carbonyl (C=O) groups excluding carboxylic acids is 1. The highest BCUT2D eigenvalue weighted by atomic mass is 32.1. The minimum atomic E-state index is -0.289. The molecule has 3 nitrogen and oxygen atoms in total. The molecule has 1 amide bonds. The minimum Gasteiger partial charge on any atom is -0.370 e. The molecule has 3 aromatic rings. The number of nitrogens with zero attached hydrogens (tertiary/aromatic N) is 1.